The van der Waals surface area contributed by atoms with E-state index in [2.05, 4.69) is 41.4 Å². The van der Waals surface area contributed by atoms with Gasteiger partial charge in [0.05, 0.1) is 0 Å². The van der Waals surface area contributed by atoms with Crippen molar-refractivity contribution >= 4 is 5.91 Å². The SMILES string of the molecule is CC[C@H](C)C(=O)N[C@@H]1CCN(Cc2ccccc2)C1. The highest BCUT2D eigenvalue weighted by molar-refractivity contribution is 5.78. The van der Waals surface area contributed by atoms with Gasteiger partial charge in [-0.25, -0.2) is 0 Å². The van der Waals surface area contributed by atoms with Gasteiger partial charge in [0, 0.05) is 31.6 Å². The van der Waals surface area contributed by atoms with Crippen molar-refractivity contribution in [3.8, 4) is 0 Å². The number of likely N-dealkylation sites (tertiary alicyclic amines) is 1. The van der Waals surface area contributed by atoms with E-state index in [1.54, 1.807) is 0 Å². The minimum absolute atomic E-state index is 0.128. The molecule has 1 N–H and O–H groups in total. The van der Waals surface area contributed by atoms with Crippen molar-refractivity contribution in [2.45, 2.75) is 39.3 Å². The average molecular weight is 260 g/mol. The Kier molecular flexibility index (Phi) is 4.97. The van der Waals surface area contributed by atoms with Crippen LogP contribution in [-0.2, 0) is 11.3 Å². The van der Waals surface area contributed by atoms with E-state index in [-0.39, 0.29) is 11.8 Å². The van der Waals surface area contributed by atoms with E-state index in [1.165, 1.54) is 5.56 Å². The van der Waals surface area contributed by atoms with Gasteiger partial charge in [0.15, 0.2) is 0 Å². The van der Waals surface area contributed by atoms with Gasteiger partial charge in [0.2, 0.25) is 5.91 Å². The first-order valence-electron chi connectivity index (χ1n) is 7.25. The molecule has 104 valence electrons. The molecule has 0 bridgehead atoms. The number of carbonyl (C=O) groups excluding carboxylic acids is 1. The fraction of sp³-hybridized carbons (Fsp3) is 0.562. The van der Waals surface area contributed by atoms with Gasteiger partial charge in [-0.15, -0.1) is 0 Å². The molecule has 1 heterocycles. The molecule has 0 aromatic heterocycles. The van der Waals surface area contributed by atoms with Crippen molar-refractivity contribution in [1.82, 2.24) is 10.2 Å². The van der Waals surface area contributed by atoms with E-state index < -0.39 is 0 Å². The van der Waals surface area contributed by atoms with Gasteiger partial charge >= 0.3 is 0 Å². The molecule has 0 aliphatic carbocycles. The van der Waals surface area contributed by atoms with Crippen LogP contribution in [0.2, 0.25) is 0 Å². The molecule has 2 atom stereocenters. The van der Waals surface area contributed by atoms with E-state index in [4.69, 9.17) is 0 Å². The van der Waals surface area contributed by atoms with Crippen LogP contribution in [0.1, 0.15) is 32.3 Å². The highest BCUT2D eigenvalue weighted by Crippen LogP contribution is 2.14. The van der Waals surface area contributed by atoms with E-state index in [0.29, 0.717) is 6.04 Å². The van der Waals surface area contributed by atoms with Gasteiger partial charge in [0.25, 0.3) is 0 Å². The summed E-state index contributed by atoms with van der Waals surface area (Å²) in [4.78, 5) is 14.3. The van der Waals surface area contributed by atoms with Crippen molar-refractivity contribution < 1.29 is 4.79 Å². The molecule has 1 amide bonds. The number of nitrogens with zero attached hydrogens (tertiary/aromatic N) is 1. The van der Waals surface area contributed by atoms with E-state index in [0.717, 1.165) is 32.5 Å². The van der Waals surface area contributed by atoms with Crippen molar-refractivity contribution in [2.75, 3.05) is 13.1 Å². The second kappa shape index (κ2) is 6.71. The highest BCUT2D eigenvalue weighted by atomic mass is 16.1. The zero-order chi connectivity index (χ0) is 13.7. The second-order valence-electron chi connectivity index (χ2n) is 5.52. The molecule has 1 aliphatic heterocycles. The molecule has 1 saturated heterocycles. The summed E-state index contributed by atoms with van der Waals surface area (Å²) in [7, 11) is 0. The molecule has 1 aromatic rings. The lowest BCUT2D eigenvalue weighted by Crippen LogP contribution is -2.39. The molecule has 1 fully saturated rings. The van der Waals surface area contributed by atoms with Crippen LogP contribution in [0.4, 0.5) is 0 Å². The maximum absolute atomic E-state index is 11.9. The Morgan fingerprint density at radius 3 is 2.84 bits per heavy atom. The van der Waals surface area contributed by atoms with Crippen molar-refractivity contribution in [2.24, 2.45) is 5.92 Å². The Hall–Kier alpha value is -1.35. The molecule has 3 heteroatoms. The monoisotopic (exact) mass is 260 g/mol. The molecule has 0 unspecified atom stereocenters. The smallest absolute Gasteiger partial charge is 0.223 e. The van der Waals surface area contributed by atoms with Crippen LogP contribution in [0, 0.1) is 5.92 Å². The third kappa shape index (κ3) is 4.06. The fourth-order valence-corrected chi connectivity index (χ4v) is 2.46. The third-order valence-electron chi connectivity index (χ3n) is 3.93. The van der Waals surface area contributed by atoms with Gasteiger partial charge in [-0.2, -0.15) is 0 Å². The molecular formula is C16H24N2O. The maximum atomic E-state index is 11.9. The van der Waals surface area contributed by atoms with Crippen molar-refractivity contribution in [3.05, 3.63) is 35.9 Å². The van der Waals surface area contributed by atoms with Crippen molar-refractivity contribution in [1.29, 1.82) is 0 Å². The molecule has 0 saturated carbocycles. The van der Waals surface area contributed by atoms with Crippen LogP contribution in [-0.4, -0.2) is 29.9 Å². The van der Waals surface area contributed by atoms with E-state index in [9.17, 15) is 4.79 Å². The van der Waals surface area contributed by atoms with E-state index >= 15 is 0 Å². The first-order valence-corrected chi connectivity index (χ1v) is 7.25. The number of amides is 1. The largest absolute Gasteiger partial charge is 0.352 e. The summed E-state index contributed by atoms with van der Waals surface area (Å²) in [5.41, 5.74) is 1.34. The summed E-state index contributed by atoms with van der Waals surface area (Å²) in [6, 6.07) is 10.8. The van der Waals surface area contributed by atoms with E-state index in [1.807, 2.05) is 13.0 Å². The van der Waals surface area contributed by atoms with Crippen LogP contribution in [0.3, 0.4) is 0 Å². The number of hydrogen-bond acceptors (Lipinski definition) is 2. The summed E-state index contributed by atoms with van der Waals surface area (Å²) in [6.45, 7) is 7.07. The van der Waals surface area contributed by atoms with Gasteiger partial charge < -0.3 is 5.32 Å². The average Bonchev–Trinajstić information content (AvgIpc) is 2.86. The Morgan fingerprint density at radius 2 is 2.16 bits per heavy atom. The van der Waals surface area contributed by atoms with Gasteiger partial charge in [-0.1, -0.05) is 44.2 Å². The van der Waals surface area contributed by atoms with Crippen LogP contribution in [0.25, 0.3) is 0 Å². The van der Waals surface area contributed by atoms with Crippen LogP contribution >= 0.6 is 0 Å². The normalized spacial score (nSPS) is 21.3. The fourth-order valence-electron chi connectivity index (χ4n) is 2.46. The first-order chi connectivity index (χ1) is 9.19. The second-order valence-corrected chi connectivity index (χ2v) is 5.52. The van der Waals surface area contributed by atoms with Gasteiger partial charge in [-0.3, -0.25) is 9.69 Å². The highest BCUT2D eigenvalue weighted by Gasteiger charge is 2.24. The molecule has 0 spiro atoms. The Morgan fingerprint density at radius 1 is 1.42 bits per heavy atom. The van der Waals surface area contributed by atoms with Gasteiger partial charge in [0.1, 0.15) is 0 Å². The summed E-state index contributed by atoms with van der Waals surface area (Å²) >= 11 is 0. The number of hydrogen-bond donors (Lipinski definition) is 1. The molecule has 3 nitrogen and oxygen atoms in total. The van der Waals surface area contributed by atoms with Crippen LogP contribution in [0.15, 0.2) is 30.3 Å². The molecular weight excluding hydrogens is 236 g/mol. The molecule has 1 aromatic carbocycles. The Bertz CT molecular complexity index is 404. The zero-order valence-electron chi connectivity index (χ0n) is 11.9. The summed E-state index contributed by atoms with van der Waals surface area (Å²) in [5, 5.41) is 3.16. The minimum atomic E-state index is 0.128. The van der Waals surface area contributed by atoms with Crippen molar-refractivity contribution in [3.63, 3.8) is 0 Å². The summed E-state index contributed by atoms with van der Waals surface area (Å²) < 4.78 is 0. The van der Waals surface area contributed by atoms with Gasteiger partial charge in [-0.05, 0) is 18.4 Å². The summed E-state index contributed by atoms with van der Waals surface area (Å²) in [6.07, 6.45) is 1.97. The maximum Gasteiger partial charge on any atom is 0.223 e. The predicted octanol–water partition coefficient (Wildman–Crippen LogP) is 2.42. The lowest BCUT2D eigenvalue weighted by Gasteiger charge is -2.18. The lowest BCUT2D eigenvalue weighted by molar-refractivity contribution is -0.125. The van der Waals surface area contributed by atoms with Crippen LogP contribution in [0.5, 0.6) is 0 Å². The number of carbonyl (C=O) groups is 1. The molecule has 2 rings (SSSR count). The lowest BCUT2D eigenvalue weighted by atomic mass is 10.1. The zero-order valence-corrected chi connectivity index (χ0v) is 11.9. The standard InChI is InChI=1S/C16H24N2O/c1-3-13(2)16(19)17-15-9-10-18(12-15)11-14-7-5-4-6-8-14/h4-8,13,15H,3,9-12H2,1-2H3,(H,17,19)/t13-,15+/m0/s1. The Labute approximate surface area is 116 Å². The molecule has 1 aliphatic rings. The predicted molar refractivity (Wildman–Crippen MR) is 77.7 cm³/mol. The summed E-state index contributed by atoms with van der Waals surface area (Å²) in [5.74, 6) is 0.331. The molecule has 19 heavy (non-hydrogen) atoms. The quantitative estimate of drug-likeness (QED) is 0.882. The number of nitrogens with one attached hydrogen (secondary N) is 1. The topological polar surface area (TPSA) is 32.3 Å². The Balaban J connectivity index is 1.79. The third-order valence-corrected chi connectivity index (χ3v) is 3.93. The van der Waals surface area contributed by atoms with Crippen LogP contribution < -0.4 is 5.32 Å². The minimum Gasteiger partial charge on any atom is -0.352 e. The number of benzene rings is 1. The first kappa shape index (κ1) is 14.1. The molecule has 0 radical (unpaired) electrons. The number of rotatable bonds is 5.